The summed E-state index contributed by atoms with van der Waals surface area (Å²) >= 11 is 0. The predicted molar refractivity (Wildman–Crippen MR) is 116 cm³/mol. The molecule has 2 fully saturated rings. The monoisotopic (exact) mass is 420 g/mol. The van der Waals surface area contributed by atoms with Gasteiger partial charge in [0.2, 0.25) is 0 Å². The molecule has 2 N–H and O–H groups in total. The van der Waals surface area contributed by atoms with Crippen molar-refractivity contribution in [1.82, 2.24) is 25.5 Å². The Bertz CT molecular complexity index is 1050. The van der Waals surface area contributed by atoms with Crippen molar-refractivity contribution in [3.63, 3.8) is 0 Å². The summed E-state index contributed by atoms with van der Waals surface area (Å²) in [7, 11) is 1.88. The minimum atomic E-state index is -0.930. The summed E-state index contributed by atoms with van der Waals surface area (Å²) in [5.74, 6) is 0.723. The summed E-state index contributed by atoms with van der Waals surface area (Å²) in [6, 6.07) is 9.03. The molecule has 5 rings (SSSR count). The number of fused-ring (bicyclic) bond motifs is 2. The number of piperidine rings is 2. The number of phenols is 1. The number of nitrogens with one attached hydrogen (secondary N) is 1. The highest BCUT2D eigenvalue weighted by Gasteiger charge is 2.41. The van der Waals surface area contributed by atoms with Crippen molar-refractivity contribution >= 4 is 5.82 Å². The van der Waals surface area contributed by atoms with Crippen LogP contribution >= 0.6 is 0 Å². The largest absolute Gasteiger partial charge is 0.507 e. The van der Waals surface area contributed by atoms with Crippen LogP contribution in [0.2, 0.25) is 0 Å². The van der Waals surface area contributed by atoms with Gasteiger partial charge in [-0.15, -0.1) is 10.2 Å². The molecule has 0 unspecified atom stereocenters. The Balaban J connectivity index is 1.35. The topological polar surface area (TPSA) is 87.1 Å². The average molecular weight is 420 g/mol. The first-order chi connectivity index (χ1) is 15.1. The van der Waals surface area contributed by atoms with Crippen molar-refractivity contribution in [3.05, 3.63) is 48.9 Å². The molecule has 31 heavy (non-hydrogen) atoms. The molecule has 4 atom stereocenters. The number of hydrogen-bond acceptors (Lipinski definition) is 7. The highest BCUT2D eigenvalue weighted by atomic mass is 19.1. The van der Waals surface area contributed by atoms with Gasteiger partial charge in [0, 0.05) is 42.7 Å². The van der Waals surface area contributed by atoms with Crippen LogP contribution in [0.25, 0.3) is 22.5 Å². The van der Waals surface area contributed by atoms with E-state index < -0.39 is 6.17 Å². The minimum absolute atomic E-state index is 0.0723. The van der Waals surface area contributed by atoms with Crippen LogP contribution in [0.1, 0.15) is 25.7 Å². The van der Waals surface area contributed by atoms with E-state index in [4.69, 9.17) is 0 Å². The third-order valence-corrected chi connectivity index (χ3v) is 6.44. The molecule has 4 heterocycles. The van der Waals surface area contributed by atoms with Gasteiger partial charge in [-0.05, 0) is 43.5 Å². The van der Waals surface area contributed by atoms with Crippen molar-refractivity contribution in [2.45, 2.75) is 50.0 Å². The molecule has 160 valence electrons. The number of hydrogen-bond donors (Lipinski definition) is 2. The average Bonchev–Trinajstić information content (AvgIpc) is 2.82. The number of nitrogens with zero attached hydrogens (tertiary/aromatic N) is 5. The third-order valence-electron chi connectivity index (χ3n) is 6.44. The Kier molecular flexibility index (Phi) is 5.23. The molecule has 2 bridgehead atoms. The molecule has 2 aliphatic heterocycles. The smallest absolute Gasteiger partial charge is 0.151 e. The molecule has 2 aliphatic rings. The highest BCUT2D eigenvalue weighted by Crippen LogP contribution is 2.34. The fraction of sp³-hybridized carbons (Fsp3) is 0.391. The molecule has 0 amide bonds. The van der Waals surface area contributed by atoms with Gasteiger partial charge in [-0.3, -0.25) is 9.97 Å². The molecule has 8 heteroatoms. The maximum absolute atomic E-state index is 15.0. The summed E-state index contributed by atoms with van der Waals surface area (Å²) in [5, 5.41) is 22.6. The molecule has 0 spiro atoms. The van der Waals surface area contributed by atoms with Crippen molar-refractivity contribution < 1.29 is 9.50 Å². The highest BCUT2D eigenvalue weighted by molar-refractivity contribution is 5.72. The van der Waals surface area contributed by atoms with E-state index in [9.17, 15) is 5.11 Å². The van der Waals surface area contributed by atoms with Crippen LogP contribution < -0.4 is 10.2 Å². The standard InChI is InChI=1S/C23H25FN6O/c1-30(20-12-15-3-2-4-18(27-15)23(20)24)22-8-7-17(28-29-22)16-6-5-14(11-21(16)31)19-13-25-9-10-26-19/h5-11,13,15,18,20,23,27,31H,2-4,12H2,1H3/t15-,18+,20+,23-/m1/s1. The van der Waals surface area contributed by atoms with E-state index in [1.165, 1.54) is 0 Å². The number of phenolic OH excluding ortho intramolecular Hbond substituents is 1. The van der Waals surface area contributed by atoms with Gasteiger partial charge in [0.15, 0.2) is 5.82 Å². The zero-order chi connectivity index (χ0) is 21.4. The second-order valence-electron chi connectivity index (χ2n) is 8.36. The normalized spacial score (nSPS) is 25.2. The van der Waals surface area contributed by atoms with Gasteiger partial charge in [-0.2, -0.15) is 0 Å². The van der Waals surface area contributed by atoms with Gasteiger partial charge in [0.05, 0.1) is 23.6 Å². The first-order valence-corrected chi connectivity index (χ1v) is 10.7. The number of anilines is 1. The SMILES string of the molecule is CN(c1ccc(-c2ccc(-c3cnccn3)cc2O)nn1)[C@H]1C[C@H]2CCC[C@H](N2)[C@H]1F. The number of aromatic hydroxyl groups is 1. The molecule has 2 saturated heterocycles. The summed E-state index contributed by atoms with van der Waals surface area (Å²) in [4.78, 5) is 10.2. The van der Waals surface area contributed by atoms with Crippen LogP contribution in [0, 0.1) is 0 Å². The van der Waals surface area contributed by atoms with Crippen LogP contribution in [-0.4, -0.2) is 56.6 Å². The van der Waals surface area contributed by atoms with Crippen LogP contribution in [-0.2, 0) is 0 Å². The van der Waals surface area contributed by atoms with E-state index in [-0.39, 0.29) is 17.8 Å². The molecule has 0 aliphatic carbocycles. The fourth-order valence-electron chi connectivity index (χ4n) is 4.73. The van der Waals surface area contributed by atoms with Crippen molar-refractivity contribution in [2.75, 3.05) is 11.9 Å². The molecular formula is C23H25FN6O. The Morgan fingerprint density at radius 3 is 2.74 bits per heavy atom. The maximum atomic E-state index is 15.0. The lowest BCUT2D eigenvalue weighted by molar-refractivity contribution is 0.107. The molecule has 0 radical (unpaired) electrons. The quantitative estimate of drug-likeness (QED) is 0.669. The fourth-order valence-corrected chi connectivity index (χ4v) is 4.73. The van der Waals surface area contributed by atoms with Gasteiger partial charge in [-0.25, -0.2) is 4.39 Å². The van der Waals surface area contributed by atoms with Gasteiger partial charge in [0.1, 0.15) is 11.9 Å². The first kappa shape index (κ1) is 19.8. The van der Waals surface area contributed by atoms with E-state index in [0.717, 1.165) is 31.2 Å². The Morgan fingerprint density at radius 1 is 1.10 bits per heavy atom. The van der Waals surface area contributed by atoms with Gasteiger partial charge in [-0.1, -0.05) is 12.5 Å². The van der Waals surface area contributed by atoms with E-state index >= 15 is 4.39 Å². The van der Waals surface area contributed by atoms with E-state index in [1.807, 2.05) is 30.1 Å². The van der Waals surface area contributed by atoms with Gasteiger partial charge in [0.25, 0.3) is 0 Å². The van der Waals surface area contributed by atoms with Crippen molar-refractivity contribution in [1.29, 1.82) is 0 Å². The lowest BCUT2D eigenvalue weighted by Gasteiger charge is -2.46. The summed E-state index contributed by atoms with van der Waals surface area (Å²) < 4.78 is 15.0. The first-order valence-electron chi connectivity index (χ1n) is 10.7. The number of rotatable bonds is 4. The number of benzene rings is 1. The lowest BCUT2D eigenvalue weighted by atomic mass is 9.82. The Morgan fingerprint density at radius 2 is 2.00 bits per heavy atom. The molecular weight excluding hydrogens is 395 g/mol. The van der Waals surface area contributed by atoms with Gasteiger partial charge >= 0.3 is 0 Å². The molecule has 3 aromatic rings. The van der Waals surface area contributed by atoms with Crippen LogP contribution in [0.5, 0.6) is 5.75 Å². The Labute approximate surface area is 180 Å². The molecule has 1 aromatic carbocycles. The second kappa shape index (κ2) is 8.19. The predicted octanol–water partition coefficient (Wildman–Crippen LogP) is 3.36. The number of alkyl halides is 1. The number of aromatic nitrogens is 4. The summed E-state index contributed by atoms with van der Waals surface area (Å²) in [6.07, 6.45) is 7.77. The zero-order valence-electron chi connectivity index (χ0n) is 17.3. The molecule has 2 aromatic heterocycles. The minimum Gasteiger partial charge on any atom is -0.507 e. The Hall–Kier alpha value is -3.13. The van der Waals surface area contributed by atoms with E-state index in [0.29, 0.717) is 28.8 Å². The van der Waals surface area contributed by atoms with Crippen molar-refractivity contribution in [2.24, 2.45) is 0 Å². The maximum Gasteiger partial charge on any atom is 0.151 e. The van der Waals surface area contributed by atoms with E-state index in [1.54, 1.807) is 30.7 Å². The zero-order valence-corrected chi connectivity index (χ0v) is 17.3. The van der Waals surface area contributed by atoms with Crippen LogP contribution in [0.3, 0.4) is 0 Å². The third kappa shape index (κ3) is 3.83. The summed E-state index contributed by atoms with van der Waals surface area (Å²) in [5.41, 5.74) is 2.58. The van der Waals surface area contributed by atoms with Crippen LogP contribution in [0.15, 0.2) is 48.9 Å². The summed E-state index contributed by atoms with van der Waals surface area (Å²) in [6.45, 7) is 0. The molecule has 0 saturated carbocycles. The molecule has 7 nitrogen and oxygen atoms in total. The van der Waals surface area contributed by atoms with Gasteiger partial charge < -0.3 is 15.3 Å². The van der Waals surface area contributed by atoms with Crippen molar-refractivity contribution in [3.8, 4) is 28.3 Å². The second-order valence-corrected chi connectivity index (χ2v) is 8.36. The van der Waals surface area contributed by atoms with E-state index in [2.05, 4.69) is 25.5 Å². The lowest BCUT2D eigenvalue weighted by Crippen LogP contribution is -2.61. The number of halogens is 1. The van der Waals surface area contributed by atoms with Crippen LogP contribution in [0.4, 0.5) is 10.2 Å².